The molecule has 3 aromatic rings. The van der Waals surface area contributed by atoms with Crippen molar-refractivity contribution in [1.82, 2.24) is 10.2 Å². The molecule has 8 nitrogen and oxygen atoms in total. The van der Waals surface area contributed by atoms with Gasteiger partial charge in [0.2, 0.25) is 11.8 Å². The van der Waals surface area contributed by atoms with Crippen LogP contribution < -0.4 is 14.4 Å². The fourth-order valence-electron chi connectivity index (χ4n) is 5.57. The van der Waals surface area contributed by atoms with Crippen LogP contribution in [0.1, 0.15) is 55.7 Å². The van der Waals surface area contributed by atoms with Crippen molar-refractivity contribution in [3.8, 4) is 5.75 Å². The predicted molar refractivity (Wildman–Crippen MR) is 165 cm³/mol. The first-order chi connectivity index (χ1) is 20.1. The number of nitrogens with one attached hydrogen (secondary N) is 1. The molecule has 1 fully saturated rings. The van der Waals surface area contributed by atoms with Crippen LogP contribution in [0.5, 0.6) is 5.75 Å². The van der Waals surface area contributed by atoms with E-state index in [-0.39, 0.29) is 23.4 Å². The number of carbonyl (C=O) groups is 2. The molecule has 9 heteroatoms. The molecular weight excluding hydrogens is 550 g/mol. The summed E-state index contributed by atoms with van der Waals surface area (Å²) < 4.78 is 34.6. The van der Waals surface area contributed by atoms with E-state index < -0.39 is 28.5 Å². The SMILES string of the molecule is CC[C@@H](C(=O)NC1CCCC1)N(Cc1cccc(OC)c1)C(=O)CN(c1ccc(C)cc1C)S(=O)(=O)c1ccccc1. The monoisotopic (exact) mass is 591 g/mol. The van der Waals surface area contributed by atoms with E-state index in [1.54, 1.807) is 31.4 Å². The van der Waals surface area contributed by atoms with Crippen LogP contribution in [0, 0.1) is 13.8 Å². The van der Waals surface area contributed by atoms with Gasteiger partial charge in [0.05, 0.1) is 17.7 Å². The van der Waals surface area contributed by atoms with Gasteiger partial charge in [0, 0.05) is 12.6 Å². The van der Waals surface area contributed by atoms with E-state index in [9.17, 15) is 18.0 Å². The molecule has 1 aliphatic carbocycles. The Labute approximate surface area is 249 Å². The van der Waals surface area contributed by atoms with E-state index >= 15 is 0 Å². The van der Waals surface area contributed by atoms with Crippen LogP contribution in [0.2, 0.25) is 0 Å². The Morgan fingerprint density at radius 1 is 0.976 bits per heavy atom. The van der Waals surface area contributed by atoms with Crippen molar-refractivity contribution in [2.24, 2.45) is 0 Å². The fourth-order valence-corrected chi connectivity index (χ4v) is 7.07. The number of sulfonamides is 1. The number of amides is 2. The van der Waals surface area contributed by atoms with Crippen LogP contribution >= 0.6 is 0 Å². The zero-order valence-corrected chi connectivity index (χ0v) is 25.7. The van der Waals surface area contributed by atoms with E-state index in [1.165, 1.54) is 21.3 Å². The molecule has 224 valence electrons. The van der Waals surface area contributed by atoms with Crippen molar-refractivity contribution in [3.63, 3.8) is 0 Å². The van der Waals surface area contributed by atoms with Gasteiger partial charge in [0.25, 0.3) is 10.0 Å². The molecule has 0 aliphatic heterocycles. The first-order valence-electron chi connectivity index (χ1n) is 14.5. The number of benzene rings is 3. The summed E-state index contributed by atoms with van der Waals surface area (Å²) in [5, 5.41) is 3.14. The number of rotatable bonds is 12. The highest BCUT2D eigenvalue weighted by Gasteiger charge is 2.35. The number of ether oxygens (including phenoxy) is 1. The quantitative estimate of drug-likeness (QED) is 0.305. The summed E-state index contributed by atoms with van der Waals surface area (Å²) in [6.07, 6.45) is 4.35. The number of methoxy groups -OCH3 is 1. The zero-order valence-electron chi connectivity index (χ0n) is 24.9. The molecule has 1 atom stereocenters. The highest BCUT2D eigenvalue weighted by Crippen LogP contribution is 2.29. The maximum Gasteiger partial charge on any atom is 0.264 e. The lowest BCUT2D eigenvalue weighted by Gasteiger charge is -2.34. The lowest BCUT2D eigenvalue weighted by molar-refractivity contribution is -0.140. The lowest BCUT2D eigenvalue weighted by Crippen LogP contribution is -2.53. The Balaban J connectivity index is 1.74. The summed E-state index contributed by atoms with van der Waals surface area (Å²) in [4.78, 5) is 29.5. The minimum absolute atomic E-state index is 0.0862. The molecule has 0 radical (unpaired) electrons. The Morgan fingerprint density at radius 2 is 1.69 bits per heavy atom. The second-order valence-electron chi connectivity index (χ2n) is 10.9. The molecular formula is C33H41N3O5S. The maximum atomic E-state index is 14.3. The zero-order chi connectivity index (χ0) is 30.3. The number of anilines is 1. The van der Waals surface area contributed by atoms with Gasteiger partial charge in [-0.25, -0.2) is 8.42 Å². The Bertz CT molecular complexity index is 1490. The number of hydrogen-bond acceptors (Lipinski definition) is 5. The largest absolute Gasteiger partial charge is 0.497 e. The van der Waals surface area contributed by atoms with Crippen molar-refractivity contribution < 1.29 is 22.7 Å². The second kappa shape index (κ2) is 13.9. The van der Waals surface area contributed by atoms with E-state index in [0.29, 0.717) is 17.9 Å². The van der Waals surface area contributed by atoms with Crippen molar-refractivity contribution in [2.45, 2.75) is 76.4 Å². The molecule has 3 aromatic carbocycles. The molecule has 42 heavy (non-hydrogen) atoms. The summed E-state index contributed by atoms with van der Waals surface area (Å²) >= 11 is 0. The molecule has 0 bridgehead atoms. The number of nitrogens with zero attached hydrogens (tertiary/aromatic N) is 2. The smallest absolute Gasteiger partial charge is 0.264 e. The Kier molecular flexibility index (Phi) is 10.3. The molecule has 0 unspecified atom stereocenters. The van der Waals surface area contributed by atoms with Crippen LogP contribution in [-0.4, -0.2) is 50.9 Å². The van der Waals surface area contributed by atoms with Crippen molar-refractivity contribution >= 4 is 27.5 Å². The average molecular weight is 592 g/mol. The van der Waals surface area contributed by atoms with Crippen molar-refractivity contribution in [2.75, 3.05) is 18.0 Å². The fraction of sp³-hybridized carbons (Fsp3) is 0.394. The molecule has 0 heterocycles. The minimum atomic E-state index is -4.11. The first-order valence-corrected chi connectivity index (χ1v) is 16.0. The van der Waals surface area contributed by atoms with Crippen LogP contribution in [0.15, 0.2) is 77.7 Å². The number of aryl methyl sites for hydroxylation is 2. The molecule has 0 spiro atoms. The molecule has 1 aliphatic rings. The second-order valence-corrected chi connectivity index (χ2v) is 12.8. The lowest BCUT2D eigenvalue weighted by atomic mass is 10.1. The maximum absolute atomic E-state index is 14.3. The van der Waals surface area contributed by atoms with Crippen molar-refractivity contribution in [3.05, 3.63) is 89.5 Å². The van der Waals surface area contributed by atoms with Gasteiger partial charge in [-0.15, -0.1) is 0 Å². The summed E-state index contributed by atoms with van der Waals surface area (Å²) in [5.74, 6) is -0.0535. The summed E-state index contributed by atoms with van der Waals surface area (Å²) in [6, 6.07) is 20.2. The van der Waals surface area contributed by atoms with E-state index in [4.69, 9.17) is 4.74 Å². The highest BCUT2D eigenvalue weighted by atomic mass is 32.2. The third kappa shape index (κ3) is 7.31. The molecule has 1 saturated carbocycles. The van der Waals surface area contributed by atoms with E-state index in [1.807, 2.05) is 57.2 Å². The van der Waals surface area contributed by atoms with Gasteiger partial charge in [-0.3, -0.25) is 13.9 Å². The van der Waals surface area contributed by atoms with Gasteiger partial charge in [-0.05, 0) is 74.6 Å². The summed E-state index contributed by atoms with van der Waals surface area (Å²) in [7, 11) is -2.54. The number of hydrogen-bond donors (Lipinski definition) is 1. The van der Waals surface area contributed by atoms with Crippen LogP contribution in [-0.2, 0) is 26.2 Å². The topological polar surface area (TPSA) is 96.0 Å². The number of carbonyl (C=O) groups excluding carboxylic acids is 2. The minimum Gasteiger partial charge on any atom is -0.497 e. The Morgan fingerprint density at radius 3 is 2.33 bits per heavy atom. The van der Waals surface area contributed by atoms with Crippen LogP contribution in [0.4, 0.5) is 5.69 Å². The van der Waals surface area contributed by atoms with Gasteiger partial charge >= 0.3 is 0 Å². The first kappa shape index (κ1) is 31.1. The third-order valence-corrected chi connectivity index (χ3v) is 9.58. The van der Waals surface area contributed by atoms with Gasteiger partial charge in [-0.2, -0.15) is 0 Å². The highest BCUT2D eigenvalue weighted by molar-refractivity contribution is 7.92. The molecule has 0 aromatic heterocycles. The molecule has 4 rings (SSSR count). The van der Waals surface area contributed by atoms with Crippen molar-refractivity contribution in [1.29, 1.82) is 0 Å². The molecule has 0 saturated heterocycles. The molecule has 2 amide bonds. The van der Waals surface area contributed by atoms with Gasteiger partial charge in [-0.1, -0.05) is 67.8 Å². The summed E-state index contributed by atoms with van der Waals surface area (Å²) in [6.45, 7) is 5.30. The normalized spacial score (nSPS) is 14.3. The van der Waals surface area contributed by atoms with Crippen LogP contribution in [0.25, 0.3) is 0 Å². The predicted octanol–water partition coefficient (Wildman–Crippen LogP) is 5.37. The summed E-state index contributed by atoms with van der Waals surface area (Å²) in [5.41, 5.74) is 2.91. The third-order valence-electron chi connectivity index (χ3n) is 7.81. The van der Waals surface area contributed by atoms with Crippen LogP contribution in [0.3, 0.4) is 0 Å². The standard InChI is InChI=1S/C33H41N3O5S/c1-5-30(33(38)34-27-13-9-10-14-27)35(22-26-12-11-15-28(21-26)41-4)32(37)23-36(31-19-18-24(2)20-25(31)3)42(39,40)29-16-7-6-8-17-29/h6-8,11-12,15-21,27,30H,5,9-10,13-14,22-23H2,1-4H3,(H,34,38)/t30-/m0/s1. The Hall–Kier alpha value is -3.85. The van der Waals surface area contributed by atoms with Gasteiger partial charge in [0.15, 0.2) is 0 Å². The molecule has 1 N–H and O–H groups in total. The average Bonchev–Trinajstić information content (AvgIpc) is 3.49. The van der Waals surface area contributed by atoms with Gasteiger partial charge in [0.1, 0.15) is 18.3 Å². The van der Waals surface area contributed by atoms with E-state index in [2.05, 4.69) is 5.32 Å². The van der Waals surface area contributed by atoms with Gasteiger partial charge < -0.3 is 15.0 Å². The van der Waals surface area contributed by atoms with E-state index in [0.717, 1.165) is 42.4 Å².